The van der Waals surface area contributed by atoms with E-state index in [1.165, 1.54) is 0 Å². The lowest BCUT2D eigenvalue weighted by atomic mass is 10.0. The van der Waals surface area contributed by atoms with E-state index in [9.17, 15) is 4.39 Å². The Balaban J connectivity index is 2.14. The van der Waals surface area contributed by atoms with Crippen LogP contribution in [0.4, 0.5) is 10.1 Å². The second-order valence-electron chi connectivity index (χ2n) is 4.46. The van der Waals surface area contributed by atoms with Gasteiger partial charge in [-0.1, -0.05) is 13.0 Å². The molecule has 16 heavy (non-hydrogen) atoms. The van der Waals surface area contributed by atoms with Gasteiger partial charge in [-0.2, -0.15) is 0 Å². The van der Waals surface area contributed by atoms with Gasteiger partial charge in [0.25, 0.3) is 0 Å². The molecule has 0 amide bonds. The van der Waals surface area contributed by atoms with Gasteiger partial charge in [0, 0.05) is 19.1 Å². The lowest BCUT2D eigenvalue weighted by Crippen LogP contribution is -2.40. The van der Waals surface area contributed by atoms with E-state index in [1.807, 2.05) is 19.1 Å². The van der Waals surface area contributed by atoms with Crippen molar-refractivity contribution in [2.75, 3.05) is 18.0 Å². The fourth-order valence-electron chi connectivity index (χ4n) is 2.17. The van der Waals surface area contributed by atoms with Crippen molar-refractivity contribution in [3.05, 3.63) is 29.6 Å². The summed E-state index contributed by atoms with van der Waals surface area (Å²) >= 11 is 0. The van der Waals surface area contributed by atoms with Gasteiger partial charge in [0.05, 0.1) is 5.69 Å². The molecule has 88 valence electrons. The van der Waals surface area contributed by atoms with E-state index < -0.39 is 0 Å². The molecule has 1 aromatic carbocycles. The van der Waals surface area contributed by atoms with Crippen molar-refractivity contribution in [3.8, 4) is 0 Å². The molecule has 0 atom stereocenters. The molecule has 0 radical (unpaired) electrons. The lowest BCUT2D eigenvalue weighted by Gasteiger charge is -2.32. The largest absolute Gasteiger partial charge is 0.369 e. The number of rotatable bonds is 2. The van der Waals surface area contributed by atoms with Crippen molar-refractivity contribution >= 4 is 5.69 Å². The van der Waals surface area contributed by atoms with E-state index >= 15 is 0 Å². The molecule has 1 aromatic rings. The second kappa shape index (κ2) is 4.83. The SMILES string of the molecule is CCc1ccc(N2CCC(N)CC2)c(F)c1. The van der Waals surface area contributed by atoms with Crippen LogP contribution in [0.25, 0.3) is 0 Å². The van der Waals surface area contributed by atoms with Crippen molar-refractivity contribution in [2.24, 2.45) is 5.73 Å². The van der Waals surface area contributed by atoms with Crippen LogP contribution in [-0.2, 0) is 6.42 Å². The number of benzene rings is 1. The smallest absolute Gasteiger partial charge is 0.146 e. The predicted molar refractivity (Wildman–Crippen MR) is 65.2 cm³/mol. The Morgan fingerprint density at radius 2 is 2.06 bits per heavy atom. The summed E-state index contributed by atoms with van der Waals surface area (Å²) in [6.45, 7) is 3.77. The van der Waals surface area contributed by atoms with Gasteiger partial charge in [0.2, 0.25) is 0 Å². The average molecular weight is 222 g/mol. The van der Waals surface area contributed by atoms with E-state index in [2.05, 4.69) is 4.90 Å². The molecule has 2 rings (SSSR count). The highest BCUT2D eigenvalue weighted by Gasteiger charge is 2.18. The maximum Gasteiger partial charge on any atom is 0.146 e. The van der Waals surface area contributed by atoms with Crippen LogP contribution in [0.3, 0.4) is 0 Å². The molecule has 0 aromatic heterocycles. The third-order valence-corrected chi connectivity index (χ3v) is 3.30. The number of anilines is 1. The van der Waals surface area contributed by atoms with Crippen molar-refractivity contribution in [3.63, 3.8) is 0 Å². The van der Waals surface area contributed by atoms with Crippen LogP contribution in [0.15, 0.2) is 18.2 Å². The minimum atomic E-state index is -0.102. The molecule has 1 heterocycles. The molecule has 3 heteroatoms. The molecule has 0 aliphatic carbocycles. The first kappa shape index (κ1) is 11.4. The summed E-state index contributed by atoms with van der Waals surface area (Å²) in [6.07, 6.45) is 2.78. The molecular weight excluding hydrogens is 203 g/mol. The van der Waals surface area contributed by atoms with Crippen molar-refractivity contribution in [1.82, 2.24) is 0 Å². The summed E-state index contributed by atoms with van der Waals surface area (Å²) in [5.74, 6) is -0.102. The first-order chi connectivity index (χ1) is 7.70. The maximum atomic E-state index is 13.8. The molecule has 1 fully saturated rings. The molecule has 0 unspecified atom stereocenters. The van der Waals surface area contributed by atoms with E-state index in [0.717, 1.165) is 43.6 Å². The summed E-state index contributed by atoms with van der Waals surface area (Å²) in [5, 5.41) is 0. The number of nitrogens with zero attached hydrogens (tertiary/aromatic N) is 1. The van der Waals surface area contributed by atoms with Crippen LogP contribution in [0.1, 0.15) is 25.3 Å². The van der Waals surface area contributed by atoms with Crippen molar-refractivity contribution in [2.45, 2.75) is 32.2 Å². The van der Waals surface area contributed by atoms with Crippen molar-refractivity contribution in [1.29, 1.82) is 0 Å². The Kier molecular flexibility index (Phi) is 3.44. The number of aryl methyl sites for hydroxylation is 1. The van der Waals surface area contributed by atoms with E-state index in [0.29, 0.717) is 0 Å². The van der Waals surface area contributed by atoms with Crippen LogP contribution >= 0.6 is 0 Å². The van der Waals surface area contributed by atoms with Gasteiger partial charge >= 0.3 is 0 Å². The van der Waals surface area contributed by atoms with E-state index in [4.69, 9.17) is 5.73 Å². The van der Waals surface area contributed by atoms with Gasteiger partial charge in [-0.3, -0.25) is 0 Å². The minimum Gasteiger partial charge on any atom is -0.369 e. The van der Waals surface area contributed by atoms with Crippen LogP contribution < -0.4 is 10.6 Å². The van der Waals surface area contributed by atoms with Gasteiger partial charge in [0.15, 0.2) is 0 Å². The Hall–Kier alpha value is -1.09. The van der Waals surface area contributed by atoms with Crippen LogP contribution in [0, 0.1) is 5.82 Å². The minimum absolute atomic E-state index is 0.102. The van der Waals surface area contributed by atoms with Gasteiger partial charge in [-0.05, 0) is 37.0 Å². The van der Waals surface area contributed by atoms with Gasteiger partial charge < -0.3 is 10.6 Å². The molecule has 0 bridgehead atoms. The highest BCUT2D eigenvalue weighted by molar-refractivity contribution is 5.49. The predicted octanol–water partition coefficient (Wildman–Crippen LogP) is 2.32. The first-order valence-corrected chi connectivity index (χ1v) is 5.99. The fraction of sp³-hybridized carbons (Fsp3) is 0.538. The van der Waals surface area contributed by atoms with Crippen LogP contribution in [0.2, 0.25) is 0 Å². The zero-order chi connectivity index (χ0) is 11.5. The quantitative estimate of drug-likeness (QED) is 0.832. The Bertz CT molecular complexity index is 357. The molecule has 1 aliphatic rings. The summed E-state index contributed by atoms with van der Waals surface area (Å²) in [5.41, 5.74) is 7.62. The van der Waals surface area contributed by atoms with E-state index in [1.54, 1.807) is 6.07 Å². The highest BCUT2D eigenvalue weighted by atomic mass is 19.1. The first-order valence-electron chi connectivity index (χ1n) is 5.99. The fourth-order valence-corrected chi connectivity index (χ4v) is 2.17. The highest BCUT2D eigenvalue weighted by Crippen LogP contribution is 2.23. The van der Waals surface area contributed by atoms with Gasteiger partial charge in [-0.15, -0.1) is 0 Å². The normalized spacial score (nSPS) is 17.8. The average Bonchev–Trinajstić information content (AvgIpc) is 2.30. The third-order valence-electron chi connectivity index (χ3n) is 3.30. The molecular formula is C13H19FN2. The third kappa shape index (κ3) is 2.35. The summed E-state index contributed by atoms with van der Waals surface area (Å²) in [7, 11) is 0. The van der Waals surface area contributed by atoms with Crippen molar-refractivity contribution < 1.29 is 4.39 Å². The summed E-state index contributed by atoms with van der Waals surface area (Å²) in [6, 6.07) is 5.83. The number of hydrogen-bond acceptors (Lipinski definition) is 2. The van der Waals surface area contributed by atoms with Gasteiger partial charge in [0.1, 0.15) is 5.82 Å². The summed E-state index contributed by atoms with van der Waals surface area (Å²) in [4.78, 5) is 2.10. The van der Waals surface area contributed by atoms with Gasteiger partial charge in [-0.25, -0.2) is 4.39 Å². The molecule has 2 nitrogen and oxygen atoms in total. The zero-order valence-electron chi connectivity index (χ0n) is 9.75. The lowest BCUT2D eigenvalue weighted by molar-refractivity contribution is 0.493. The molecule has 0 saturated carbocycles. The number of hydrogen-bond donors (Lipinski definition) is 1. The monoisotopic (exact) mass is 222 g/mol. The maximum absolute atomic E-state index is 13.8. The zero-order valence-corrected chi connectivity index (χ0v) is 9.75. The Morgan fingerprint density at radius 1 is 1.38 bits per heavy atom. The van der Waals surface area contributed by atoms with E-state index in [-0.39, 0.29) is 11.9 Å². The van der Waals surface area contributed by atoms with Crippen LogP contribution in [0.5, 0.6) is 0 Å². The Morgan fingerprint density at radius 3 is 2.62 bits per heavy atom. The molecule has 0 spiro atoms. The summed E-state index contributed by atoms with van der Waals surface area (Å²) < 4.78 is 13.8. The number of piperidine rings is 1. The topological polar surface area (TPSA) is 29.3 Å². The second-order valence-corrected chi connectivity index (χ2v) is 4.46. The Labute approximate surface area is 96.2 Å². The number of nitrogens with two attached hydrogens (primary N) is 1. The molecule has 2 N–H and O–H groups in total. The number of halogens is 1. The standard InChI is InChI=1S/C13H19FN2/c1-2-10-3-4-13(12(14)9-10)16-7-5-11(15)6-8-16/h3-4,9,11H,2,5-8,15H2,1H3. The molecule has 1 saturated heterocycles. The molecule has 1 aliphatic heterocycles. The van der Waals surface area contributed by atoms with Crippen LogP contribution in [-0.4, -0.2) is 19.1 Å².